The maximum Gasteiger partial charge on any atom is 0.258 e. The molecule has 0 saturated carbocycles. The first kappa shape index (κ1) is 12.9. The highest BCUT2D eigenvalue weighted by molar-refractivity contribution is 6.04. The predicted octanol–water partition coefficient (Wildman–Crippen LogP) is 2.22. The van der Waals surface area contributed by atoms with E-state index in [0.29, 0.717) is 5.69 Å². The summed E-state index contributed by atoms with van der Waals surface area (Å²) >= 11 is 0. The Bertz CT molecular complexity index is 615. The van der Waals surface area contributed by atoms with E-state index < -0.39 is 11.7 Å². The Morgan fingerprint density at radius 2 is 2.00 bits per heavy atom. The minimum absolute atomic E-state index is 0.0403. The van der Waals surface area contributed by atoms with Gasteiger partial charge < -0.3 is 10.6 Å². The highest BCUT2D eigenvalue weighted by Crippen LogP contribution is 2.16. The second-order valence-corrected chi connectivity index (χ2v) is 3.91. The van der Waals surface area contributed by atoms with Crippen LogP contribution in [0.4, 0.5) is 15.9 Å². The van der Waals surface area contributed by atoms with Crippen LogP contribution >= 0.6 is 0 Å². The molecule has 6 heteroatoms. The van der Waals surface area contributed by atoms with Crippen molar-refractivity contribution in [2.75, 3.05) is 17.7 Å². The fraction of sp³-hybridized carbons (Fsp3) is 0.154. The molecule has 98 valence electrons. The zero-order valence-corrected chi connectivity index (χ0v) is 10.6. The fourth-order valence-electron chi connectivity index (χ4n) is 1.62. The molecule has 2 rings (SSSR count). The standard InChI is InChI=1S/C13H13FN4O/c1-8-7-9(3-5-16-8)18-13(19)10-4-6-17-12(15-2)11(10)14/h3-7H,1-2H3,(H,15,17)(H,16,18,19). The summed E-state index contributed by atoms with van der Waals surface area (Å²) in [5, 5.41) is 5.20. The highest BCUT2D eigenvalue weighted by Gasteiger charge is 2.15. The van der Waals surface area contributed by atoms with E-state index in [1.807, 2.05) is 6.92 Å². The number of hydrogen-bond acceptors (Lipinski definition) is 4. The van der Waals surface area contributed by atoms with Crippen LogP contribution in [0, 0.1) is 12.7 Å². The van der Waals surface area contributed by atoms with Crippen molar-refractivity contribution in [3.8, 4) is 0 Å². The smallest absolute Gasteiger partial charge is 0.258 e. The number of amides is 1. The molecule has 2 heterocycles. The Morgan fingerprint density at radius 1 is 1.26 bits per heavy atom. The summed E-state index contributed by atoms with van der Waals surface area (Å²) in [6.07, 6.45) is 2.95. The lowest BCUT2D eigenvalue weighted by Gasteiger charge is -2.08. The molecule has 0 unspecified atom stereocenters. The summed E-state index contributed by atoms with van der Waals surface area (Å²) in [5.41, 5.74) is 1.28. The molecule has 0 bridgehead atoms. The van der Waals surface area contributed by atoms with Gasteiger partial charge in [-0.15, -0.1) is 0 Å². The number of carbonyl (C=O) groups is 1. The van der Waals surface area contributed by atoms with Gasteiger partial charge in [-0.05, 0) is 25.1 Å². The van der Waals surface area contributed by atoms with Gasteiger partial charge in [-0.25, -0.2) is 9.37 Å². The summed E-state index contributed by atoms with van der Waals surface area (Å²) in [6.45, 7) is 1.81. The van der Waals surface area contributed by atoms with Crippen molar-refractivity contribution < 1.29 is 9.18 Å². The van der Waals surface area contributed by atoms with Crippen molar-refractivity contribution in [2.45, 2.75) is 6.92 Å². The van der Waals surface area contributed by atoms with Gasteiger partial charge in [-0.1, -0.05) is 0 Å². The molecule has 1 amide bonds. The number of anilines is 2. The number of nitrogens with one attached hydrogen (secondary N) is 2. The quantitative estimate of drug-likeness (QED) is 0.888. The number of halogens is 1. The molecule has 0 radical (unpaired) electrons. The topological polar surface area (TPSA) is 66.9 Å². The number of hydrogen-bond donors (Lipinski definition) is 2. The Labute approximate surface area is 109 Å². The molecule has 19 heavy (non-hydrogen) atoms. The van der Waals surface area contributed by atoms with Crippen LogP contribution in [-0.2, 0) is 0 Å². The third kappa shape index (κ3) is 2.85. The van der Waals surface area contributed by atoms with Crippen molar-refractivity contribution in [1.82, 2.24) is 9.97 Å². The number of carbonyl (C=O) groups excluding carboxylic acids is 1. The second kappa shape index (κ2) is 5.43. The van der Waals surface area contributed by atoms with E-state index in [4.69, 9.17) is 0 Å². The fourth-order valence-corrected chi connectivity index (χ4v) is 1.62. The van der Waals surface area contributed by atoms with Gasteiger partial charge in [0.05, 0.1) is 5.56 Å². The lowest BCUT2D eigenvalue weighted by molar-refractivity contribution is 0.102. The molecule has 5 nitrogen and oxygen atoms in total. The van der Waals surface area contributed by atoms with E-state index in [2.05, 4.69) is 20.6 Å². The Kier molecular flexibility index (Phi) is 3.70. The molecule has 0 atom stereocenters. The van der Waals surface area contributed by atoms with E-state index in [-0.39, 0.29) is 11.4 Å². The summed E-state index contributed by atoms with van der Waals surface area (Å²) in [4.78, 5) is 19.8. The molecule has 2 aromatic rings. The first-order chi connectivity index (χ1) is 9.11. The molecule has 2 N–H and O–H groups in total. The number of pyridine rings is 2. The molecular weight excluding hydrogens is 247 g/mol. The zero-order valence-electron chi connectivity index (χ0n) is 10.6. The van der Waals surface area contributed by atoms with Crippen LogP contribution in [0.1, 0.15) is 16.1 Å². The van der Waals surface area contributed by atoms with Crippen molar-refractivity contribution in [3.05, 3.63) is 47.7 Å². The number of rotatable bonds is 3. The lowest BCUT2D eigenvalue weighted by atomic mass is 10.2. The van der Waals surface area contributed by atoms with Crippen LogP contribution in [0.15, 0.2) is 30.6 Å². The van der Waals surface area contributed by atoms with Gasteiger partial charge in [0.15, 0.2) is 11.6 Å². The van der Waals surface area contributed by atoms with Gasteiger partial charge in [0.2, 0.25) is 0 Å². The van der Waals surface area contributed by atoms with E-state index in [1.54, 1.807) is 25.4 Å². The molecule has 0 aromatic carbocycles. The van der Waals surface area contributed by atoms with Crippen LogP contribution in [0.5, 0.6) is 0 Å². The minimum atomic E-state index is -0.673. The molecule has 0 aliphatic rings. The maximum atomic E-state index is 13.9. The van der Waals surface area contributed by atoms with Crippen LogP contribution < -0.4 is 10.6 Å². The van der Waals surface area contributed by atoms with Crippen LogP contribution in [0.25, 0.3) is 0 Å². The average Bonchev–Trinajstić information content (AvgIpc) is 2.39. The molecule has 0 fully saturated rings. The van der Waals surface area contributed by atoms with Gasteiger partial charge in [0.1, 0.15) is 0 Å². The third-order valence-electron chi connectivity index (χ3n) is 2.53. The van der Waals surface area contributed by atoms with Gasteiger partial charge >= 0.3 is 0 Å². The highest BCUT2D eigenvalue weighted by atomic mass is 19.1. The normalized spacial score (nSPS) is 10.1. The number of nitrogens with zero attached hydrogens (tertiary/aromatic N) is 2. The van der Waals surface area contributed by atoms with Gasteiger partial charge in [0.25, 0.3) is 5.91 Å². The van der Waals surface area contributed by atoms with Gasteiger partial charge in [-0.3, -0.25) is 9.78 Å². The molecule has 2 aromatic heterocycles. The van der Waals surface area contributed by atoms with Gasteiger partial charge in [-0.2, -0.15) is 0 Å². The Morgan fingerprint density at radius 3 is 2.68 bits per heavy atom. The maximum absolute atomic E-state index is 13.9. The summed E-state index contributed by atoms with van der Waals surface area (Å²) in [7, 11) is 1.54. The molecule has 0 spiro atoms. The zero-order chi connectivity index (χ0) is 13.8. The van der Waals surface area contributed by atoms with E-state index in [9.17, 15) is 9.18 Å². The largest absolute Gasteiger partial charge is 0.371 e. The first-order valence-electron chi connectivity index (χ1n) is 5.68. The summed E-state index contributed by atoms with van der Waals surface area (Å²) in [6, 6.07) is 4.68. The molecule has 0 saturated heterocycles. The SMILES string of the molecule is CNc1nccc(C(=O)Nc2ccnc(C)c2)c1F. The van der Waals surface area contributed by atoms with E-state index >= 15 is 0 Å². The van der Waals surface area contributed by atoms with Crippen LogP contribution in [0.3, 0.4) is 0 Å². The summed E-state index contributed by atoms with van der Waals surface area (Å²) < 4.78 is 13.9. The monoisotopic (exact) mass is 260 g/mol. The second-order valence-electron chi connectivity index (χ2n) is 3.91. The third-order valence-corrected chi connectivity index (χ3v) is 2.53. The van der Waals surface area contributed by atoms with Crippen molar-refractivity contribution in [2.24, 2.45) is 0 Å². The lowest BCUT2D eigenvalue weighted by Crippen LogP contribution is -2.15. The van der Waals surface area contributed by atoms with Gasteiger partial charge in [0, 0.05) is 30.8 Å². The predicted molar refractivity (Wildman–Crippen MR) is 70.7 cm³/mol. The molecule has 0 aliphatic carbocycles. The van der Waals surface area contributed by atoms with Crippen LogP contribution in [-0.4, -0.2) is 22.9 Å². The van der Waals surface area contributed by atoms with E-state index in [0.717, 1.165) is 5.69 Å². The van der Waals surface area contributed by atoms with Crippen molar-refractivity contribution >= 4 is 17.4 Å². The first-order valence-corrected chi connectivity index (χ1v) is 5.68. The Hall–Kier alpha value is -2.50. The van der Waals surface area contributed by atoms with E-state index in [1.165, 1.54) is 12.3 Å². The average molecular weight is 260 g/mol. The summed E-state index contributed by atoms with van der Waals surface area (Å²) in [5.74, 6) is -1.16. The molecule has 0 aliphatic heterocycles. The number of aromatic nitrogens is 2. The number of aryl methyl sites for hydroxylation is 1. The molecular formula is C13H13FN4O. The van der Waals surface area contributed by atoms with Crippen LogP contribution in [0.2, 0.25) is 0 Å². The van der Waals surface area contributed by atoms with Crippen molar-refractivity contribution in [1.29, 1.82) is 0 Å². The minimum Gasteiger partial charge on any atom is -0.371 e. The van der Waals surface area contributed by atoms with Crippen molar-refractivity contribution in [3.63, 3.8) is 0 Å². The Balaban J connectivity index is 2.25.